The van der Waals surface area contributed by atoms with Crippen LogP contribution in [0.2, 0.25) is 0 Å². The van der Waals surface area contributed by atoms with Crippen LogP contribution in [0, 0.1) is 39.9 Å². The number of esters is 3. The van der Waals surface area contributed by atoms with Crippen LogP contribution < -0.4 is 0 Å². The second kappa shape index (κ2) is 8.00. The van der Waals surface area contributed by atoms with E-state index in [0.717, 1.165) is 19.3 Å². The van der Waals surface area contributed by atoms with Gasteiger partial charge in [0.15, 0.2) is 0 Å². The van der Waals surface area contributed by atoms with Crippen molar-refractivity contribution < 1.29 is 33.7 Å². The Morgan fingerprint density at radius 3 is 2.56 bits per heavy atom. The van der Waals surface area contributed by atoms with Crippen molar-refractivity contribution in [2.24, 2.45) is 39.9 Å². The molecule has 1 aliphatic heterocycles. The van der Waals surface area contributed by atoms with Gasteiger partial charge in [-0.1, -0.05) is 34.1 Å². The van der Waals surface area contributed by atoms with Crippen molar-refractivity contribution in [1.29, 1.82) is 0 Å². The largest absolute Gasteiger partial charge is 0.469 e. The van der Waals surface area contributed by atoms with Crippen molar-refractivity contribution in [2.75, 3.05) is 13.7 Å². The number of aliphatic hydroxyl groups is 1. The Labute approximate surface area is 190 Å². The Bertz CT molecular complexity index is 791. The van der Waals surface area contributed by atoms with Gasteiger partial charge in [0.05, 0.1) is 24.4 Å². The number of carbonyl (C=O) groups is 3. The van der Waals surface area contributed by atoms with E-state index < -0.39 is 41.4 Å². The van der Waals surface area contributed by atoms with E-state index in [0.29, 0.717) is 19.3 Å². The summed E-state index contributed by atoms with van der Waals surface area (Å²) in [6, 6.07) is 0. The van der Waals surface area contributed by atoms with Gasteiger partial charge in [0.2, 0.25) is 0 Å². The summed E-state index contributed by atoms with van der Waals surface area (Å²) in [5.74, 6) is -2.68. The number of methoxy groups -OCH3 is 1. The quantitative estimate of drug-likeness (QED) is 0.518. The van der Waals surface area contributed by atoms with Crippen LogP contribution in [-0.2, 0) is 28.6 Å². The fourth-order valence-corrected chi connectivity index (χ4v) is 8.43. The molecule has 4 rings (SSSR count). The molecule has 0 aromatic heterocycles. The number of hydrogen-bond acceptors (Lipinski definition) is 7. The predicted molar refractivity (Wildman–Crippen MR) is 115 cm³/mol. The molecule has 3 aliphatic carbocycles. The minimum Gasteiger partial charge on any atom is -0.469 e. The molecule has 0 radical (unpaired) electrons. The zero-order valence-electron chi connectivity index (χ0n) is 20.0. The van der Waals surface area contributed by atoms with Gasteiger partial charge in [0.25, 0.3) is 0 Å². The number of fused-ring (bicyclic) bond motifs is 2. The molecule has 8 unspecified atom stereocenters. The summed E-state index contributed by atoms with van der Waals surface area (Å²) in [4.78, 5) is 38.3. The highest BCUT2D eigenvalue weighted by atomic mass is 16.6. The minimum atomic E-state index is -1.08. The first-order valence-electron chi connectivity index (χ1n) is 12.2. The molecule has 1 saturated heterocycles. The fourth-order valence-electron chi connectivity index (χ4n) is 8.43. The van der Waals surface area contributed by atoms with Gasteiger partial charge in [-0.25, -0.2) is 0 Å². The molecule has 1 N–H and O–H groups in total. The van der Waals surface area contributed by atoms with Crippen LogP contribution in [-0.4, -0.2) is 48.9 Å². The van der Waals surface area contributed by atoms with Gasteiger partial charge < -0.3 is 19.3 Å². The van der Waals surface area contributed by atoms with Crippen molar-refractivity contribution in [2.45, 2.75) is 84.8 Å². The van der Waals surface area contributed by atoms with Gasteiger partial charge in [-0.15, -0.1) is 0 Å². The van der Waals surface area contributed by atoms with E-state index in [-0.39, 0.29) is 41.7 Å². The van der Waals surface area contributed by atoms with Crippen LogP contribution in [0.5, 0.6) is 0 Å². The average molecular weight is 451 g/mol. The van der Waals surface area contributed by atoms with Crippen LogP contribution in [0.25, 0.3) is 0 Å². The lowest BCUT2D eigenvalue weighted by atomic mass is 9.37. The van der Waals surface area contributed by atoms with Gasteiger partial charge in [0, 0.05) is 12.3 Å². The Balaban J connectivity index is 1.86. The van der Waals surface area contributed by atoms with Gasteiger partial charge >= 0.3 is 17.9 Å². The van der Waals surface area contributed by atoms with Crippen molar-refractivity contribution in [3.05, 3.63) is 0 Å². The van der Waals surface area contributed by atoms with Crippen LogP contribution >= 0.6 is 0 Å². The molecule has 1 spiro atoms. The average Bonchev–Trinajstić information content (AvgIpc) is 3.08. The number of aliphatic hydroxyl groups excluding tert-OH is 1. The lowest BCUT2D eigenvalue weighted by Gasteiger charge is -2.67. The maximum atomic E-state index is 13.0. The number of rotatable bonds is 4. The van der Waals surface area contributed by atoms with Gasteiger partial charge in [-0.3, -0.25) is 14.4 Å². The highest BCUT2D eigenvalue weighted by Gasteiger charge is 2.75. The third-order valence-corrected chi connectivity index (χ3v) is 9.42. The molecule has 4 aliphatic rings. The van der Waals surface area contributed by atoms with E-state index in [9.17, 15) is 19.5 Å². The molecular weight excluding hydrogens is 412 g/mol. The minimum absolute atomic E-state index is 0.00643. The zero-order chi connectivity index (χ0) is 23.5. The Kier molecular flexibility index (Phi) is 5.88. The zero-order valence-corrected chi connectivity index (χ0v) is 20.0. The smallest absolute Gasteiger partial charge is 0.310 e. The summed E-state index contributed by atoms with van der Waals surface area (Å²) in [7, 11) is 1.33. The molecule has 0 aromatic rings. The summed E-state index contributed by atoms with van der Waals surface area (Å²) in [6.45, 7) is 8.63. The maximum Gasteiger partial charge on any atom is 0.310 e. The molecule has 3 saturated carbocycles. The van der Waals surface area contributed by atoms with E-state index in [1.165, 1.54) is 7.11 Å². The number of ether oxygens (including phenoxy) is 3. The molecule has 180 valence electrons. The summed E-state index contributed by atoms with van der Waals surface area (Å²) in [5, 5.41) is 12.0. The van der Waals surface area contributed by atoms with Gasteiger partial charge in [0.1, 0.15) is 18.8 Å². The van der Waals surface area contributed by atoms with E-state index >= 15 is 0 Å². The lowest BCUT2D eigenvalue weighted by molar-refractivity contribution is -0.273. The highest BCUT2D eigenvalue weighted by molar-refractivity contribution is 5.85. The summed E-state index contributed by atoms with van der Waals surface area (Å²) in [6.07, 6.45) is 3.35. The summed E-state index contributed by atoms with van der Waals surface area (Å²) < 4.78 is 16.7. The maximum absolute atomic E-state index is 13.0. The standard InChI is InChI=1S/C25H38O7/c1-6-8-16(26)32-18-19-23(2,3)11-7-12-24(19,4)15-10-9-14(21(28)30-5)17-22(29)31-13-25(15,17)20(18)27/h14-15,17-20,27H,6-13H2,1-5H3. The molecule has 7 nitrogen and oxygen atoms in total. The molecule has 0 amide bonds. The molecule has 0 bridgehead atoms. The fraction of sp³-hybridized carbons (Fsp3) is 0.880. The van der Waals surface area contributed by atoms with Crippen molar-refractivity contribution in [3.8, 4) is 0 Å². The molecule has 1 heterocycles. The van der Waals surface area contributed by atoms with Crippen LogP contribution in [0.1, 0.15) is 72.6 Å². The van der Waals surface area contributed by atoms with E-state index in [1.54, 1.807) is 0 Å². The molecule has 0 aromatic carbocycles. The second-order valence-corrected chi connectivity index (χ2v) is 11.4. The SMILES string of the molecule is CCCC(=O)OC1C2C(C)(C)CCCC2(C)C2CCC(C(=O)OC)C3C(=O)OCC32C1O. The topological polar surface area (TPSA) is 99.1 Å². The molecule has 32 heavy (non-hydrogen) atoms. The summed E-state index contributed by atoms with van der Waals surface area (Å²) in [5.41, 5.74) is -1.33. The molecule has 4 fully saturated rings. The number of carbonyl (C=O) groups excluding carboxylic acids is 3. The molecular formula is C25H38O7. The van der Waals surface area contributed by atoms with Crippen molar-refractivity contribution >= 4 is 17.9 Å². The third-order valence-electron chi connectivity index (χ3n) is 9.42. The highest BCUT2D eigenvalue weighted by Crippen LogP contribution is 2.71. The van der Waals surface area contributed by atoms with Crippen molar-refractivity contribution in [1.82, 2.24) is 0 Å². The van der Waals surface area contributed by atoms with Crippen LogP contribution in [0.4, 0.5) is 0 Å². The van der Waals surface area contributed by atoms with Gasteiger partial charge in [-0.05, 0) is 48.9 Å². The van der Waals surface area contributed by atoms with Crippen LogP contribution in [0.3, 0.4) is 0 Å². The Morgan fingerprint density at radius 2 is 1.91 bits per heavy atom. The monoisotopic (exact) mass is 450 g/mol. The molecule has 8 atom stereocenters. The van der Waals surface area contributed by atoms with Gasteiger partial charge in [-0.2, -0.15) is 0 Å². The van der Waals surface area contributed by atoms with Crippen LogP contribution in [0.15, 0.2) is 0 Å². The summed E-state index contributed by atoms with van der Waals surface area (Å²) >= 11 is 0. The second-order valence-electron chi connectivity index (χ2n) is 11.4. The predicted octanol–water partition coefficient (Wildman–Crippen LogP) is 3.26. The van der Waals surface area contributed by atoms with Crippen molar-refractivity contribution in [3.63, 3.8) is 0 Å². The molecule has 7 heteroatoms. The first kappa shape index (κ1) is 23.5. The van der Waals surface area contributed by atoms with E-state index in [2.05, 4.69) is 20.8 Å². The number of cyclic esters (lactones) is 1. The van der Waals surface area contributed by atoms with E-state index in [1.807, 2.05) is 6.92 Å². The first-order chi connectivity index (χ1) is 15.0. The third kappa shape index (κ3) is 3.13. The first-order valence-corrected chi connectivity index (χ1v) is 12.2. The Morgan fingerprint density at radius 1 is 1.19 bits per heavy atom. The number of hydrogen-bond donors (Lipinski definition) is 1. The normalized spacial score (nSPS) is 44.5. The Hall–Kier alpha value is -1.63. The van der Waals surface area contributed by atoms with E-state index in [4.69, 9.17) is 14.2 Å². The lowest BCUT2D eigenvalue weighted by Crippen LogP contribution is -2.72.